The molecule has 0 unspecified atom stereocenters. The highest BCUT2D eigenvalue weighted by Crippen LogP contribution is 2.48. The monoisotopic (exact) mass is 489 g/mol. The van der Waals surface area contributed by atoms with Crippen LogP contribution in [0.25, 0.3) is 10.2 Å². The molecule has 2 N–H and O–H groups in total. The molecular formula is C26H39N3O4S. The number of alkyl carbamates (subject to hydrolysis) is 1. The Morgan fingerprint density at radius 1 is 1.26 bits per heavy atom. The molecule has 0 radical (unpaired) electrons. The van der Waals surface area contributed by atoms with E-state index in [1.807, 2.05) is 27.7 Å². The van der Waals surface area contributed by atoms with Gasteiger partial charge in [0.05, 0.1) is 11.5 Å². The van der Waals surface area contributed by atoms with Gasteiger partial charge in [-0.1, -0.05) is 13.8 Å². The first-order valence-corrected chi connectivity index (χ1v) is 13.6. The second-order valence-electron chi connectivity index (χ2n) is 10.9. The summed E-state index contributed by atoms with van der Waals surface area (Å²) >= 11 is 1.74. The van der Waals surface area contributed by atoms with E-state index in [1.54, 1.807) is 17.7 Å². The molecule has 2 aromatic heterocycles. The summed E-state index contributed by atoms with van der Waals surface area (Å²) in [6.45, 7) is 9.79. The molecule has 0 aromatic carbocycles. The molecule has 2 aliphatic carbocycles. The zero-order valence-corrected chi connectivity index (χ0v) is 22.0. The molecule has 0 saturated heterocycles. The number of ether oxygens (including phenoxy) is 2. The maximum Gasteiger partial charge on any atom is 0.408 e. The van der Waals surface area contributed by atoms with Crippen LogP contribution in [0, 0.1) is 0 Å². The molecule has 0 bridgehead atoms. The van der Waals surface area contributed by atoms with E-state index in [9.17, 15) is 9.90 Å². The number of aromatic nitrogens is 2. The van der Waals surface area contributed by atoms with Crippen LogP contribution in [0.1, 0.15) is 102 Å². The van der Waals surface area contributed by atoms with E-state index in [-0.39, 0.29) is 23.8 Å². The van der Waals surface area contributed by atoms with E-state index in [0.29, 0.717) is 11.8 Å². The molecule has 7 nitrogen and oxygen atoms in total. The Morgan fingerprint density at radius 3 is 2.65 bits per heavy atom. The molecule has 34 heavy (non-hydrogen) atoms. The van der Waals surface area contributed by atoms with Gasteiger partial charge in [-0.05, 0) is 90.0 Å². The van der Waals surface area contributed by atoms with Crippen LogP contribution < -0.4 is 10.1 Å². The van der Waals surface area contributed by atoms with Crippen molar-refractivity contribution in [2.45, 2.75) is 122 Å². The average molecular weight is 490 g/mol. The zero-order chi connectivity index (χ0) is 24.5. The lowest BCUT2D eigenvalue weighted by atomic mass is 9.78. The van der Waals surface area contributed by atoms with Gasteiger partial charge in [0, 0.05) is 10.4 Å². The summed E-state index contributed by atoms with van der Waals surface area (Å²) in [5, 5.41) is 14.5. The maximum absolute atomic E-state index is 12.4. The second-order valence-corrected chi connectivity index (χ2v) is 12.0. The molecule has 1 saturated carbocycles. The summed E-state index contributed by atoms with van der Waals surface area (Å²) in [7, 11) is 0. The Balaban J connectivity index is 1.47. The lowest BCUT2D eigenvalue weighted by Crippen LogP contribution is -2.52. The third-order valence-corrected chi connectivity index (χ3v) is 8.51. The Morgan fingerprint density at radius 2 is 2.00 bits per heavy atom. The van der Waals surface area contributed by atoms with Gasteiger partial charge in [-0.3, -0.25) is 0 Å². The normalized spacial score (nSPS) is 25.7. The van der Waals surface area contributed by atoms with Crippen LogP contribution in [-0.4, -0.2) is 44.5 Å². The van der Waals surface area contributed by atoms with Crippen molar-refractivity contribution in [2.75, 3.05) is 0 Å². The summed E-state index contributed by atoms with van der Waals surface area (Å²) in [4.78, 5) is 23.9. The van der Waals surface area contributed by atoms with E-state index < -0.39 is 5.60 Å². The number of carbonyl (C=O) groups excluding carboxylic acids is 1. The first-order valence-electron chi connectivity index (χ1n) is 12.7. The fourth-order valence-corrected chi connectivity index (χ4v) is 6.60. The Labute approximate surface area is 206 Å². The summed E-state index contributed by atoms with van der Waals surface area (Å²) < 4.78 is 12.0. The Hall–Kier alpha value is -1.93. The van der Waals surface area contributed by atoms with Crippen molar-refractivity contribution in [2.24, 2.45) is 0 Å². The third kappa shape index (κ3) is 5.48. The van der Waals surface area contributed by atoms with Crippen molar-refractivity contribution in [3.8, 4) is 5.88 Å². The van der Waals surface area contributed by atoms with Crippen LogP contribution in [0.5, 0.6) is 5.88 Å². The summed E-state index contributed by atoms with van der Waals surface area (Å²) in [6, 6.07) is 0. The Bertz CT molecular complexity index is 1010. The molecule has 1 amide bonds. The largest absolute Gasteiger partial charge is 0.474 e. The van der Waals surface area contributed by atoms with Crippen molar-refractivity contribution >= 4 is 27.6 Å². The van der Waals surface area contributed by atoms with Gasteiger partial charge in [0.15, 0.2) is 0 Å². The van der Waals surface area contributed by atoms with Gasteiger partial charge in [0.25, 0.3) is 0 Å². The minimum Gasteiger partial charge on any atom is -0.474 e. The maximum atomic E-state index is 12.4. The van der Waals surface area contributed by atoms with Crippen LogP contribution in [0.3, 0.4) is 0 Å². The van der Waals surface area contributed by atoms with Crippen molar-refractivity contribution in [3.63, 3.8) is 0 Å². The van der Waals surface area contributed by atoms with E-state index in [0.717, 1.165) is 68.0 Å². The fourth-order valence-electron chi connectivity index (χ4n) is 5.37. The molecule has 0 aliphatic heterocycles. The first kappa shape index (κ1) is 25.2. The van der Waals surface area contributed by atoms with Gasteiger partial charge in [-0.2, -0.15) is 0 Å². The van der Waals surface area contributed by atoms with Gasteiger partial charge in [0.2, 0.25) is 5.88 Å². The highest BCUT2D eigenvalue weighted by atomic mass is 32.1. The molecule has 2 aliphatic rings. The molecule has 4 rings (SSSR count). The smallest absolute Gasteiger partial charge is 0.408 e. The van der Waals surface area contributed by atoms with Crippen LogP contribution in [0.15, 0.2) is 6.33 Å². The van der Waals surface area contributed by atoms with Crippen molar-refractivity contribution in [3.05, 3.63) is 16.8 Å². The van der Waals surface area contributed by atoms with E-state index in [2.05, 4.69) is 22.2 Å². The number of fused-ring (bicyclic) bond motifs is 3. The SMILES string of the molecule is CC[C@H](O)C[C@H]1CCc2sc3ncnc(OC4CCC(CC)(NC(=O)OC(C)(C)C)CC4)c3c21. The van der Waals surface area contributed by atoms with Crippen molar-refractivity contribution in [1.29, 1.82) is 0 Å². The van der Waals surface area contributed by atoms with E-state index >= 15 is 0 Å². The van der Waals surface area contributed by atoms with Crippen LogP contribution in [0.4, 0.5) is 4.79 Å². The third-order valence-electron chi connectivity index (χ3n) is 7.33. The molecule has 2 atom stereocenters. The quantitative estimate of drug-likeness (QED) is 0.505. The van der Waals surface area contributed by atoms with Crippen LogP contribution in [0.2, 0.25) is 0 Å². The molecule has 2 aromatic rings. The Kier molecular flexibility index (Phi) is 7.38. The van der Waals surface area contributed by atoms with Crippen molar-refractivity contribution in [1.82, 2.24) is 15.3 Å². The number of aryl methyl sites for hydroxylation is 1. The minimum absolute atomic E-state index is 0.0508. The number of amides is 1. The van der Waals surface area contributed by atoms with Gasteiger partial charge >= 0.3 is 6.09 Å². The lowest BCUT2D eigenvalue weighted by Gasteiger charge is -2.40. The number of hydrogen-bond acceptors (Lipinski definition) is 7. The van der Waals surface area contributed by atoms with Gasteiger partial charge in [-0.15, -0.1) is 11.3 Å². The minimum atomic E-state index is -0.510. The predicted molar refractivity (Wildman–Crippen MR) is 135 cm³/mol. The lowest BCUT2D eigenvalue weighted by molar-refractivity contribution is 0.0355. The zero-order valence-electron chi connectivity index (χ0n) is 21.1. The second kappa shape index (κ2) is 9.97. The van der Waals surface area contributed by atoms with Gasteiger partial charge in [0.1, 0.15) is 22.9 Å². The summed E-state index contributed by atoms with van der Waals surface area (Å²) in [5.41, 5.74) is 0.533. The van der Waals surface area contributed by atoms with E-state index in [4.69, 9.17) is 9.47 Å². The van der Waals surface area contributed by atoms with Crippen molar-refractivity contribution < 1.29 is 19.4 Å². The molecule has 188 valence electrons. The summed E-state index contributed by atoms with van der Waals surface area (Å²) in [6.07, 6.45) is 8.92. The van der Waals surface area contributed by atoms with Crippen LogP contribution in [-0.2, 0) is 11.2 Å². The predicted octanol–water partition coefficient (Wildman–Crippen LogP) is 5.88. The van der Waals surface area contributed by atoms with Crippen LogP contribution >= 0.6 is 11.3 Å². The highest BCUT2D eigenvalue weighted by Gasteiger charge is 2.38. The molecule has 2 heterocycles. The summed E-state index contributed by atoms with van der Waals surface area (Å²) in [5.74, 6) is 1.01. The average Bonchev–Trinajstić information content (AvgIpc) is 3.34. The standard InChI is InChI=1S/C26H39N3O4S/c1-6-17(30)14-16-8-9-19-20(16)21-22(27-15-28-23(21)34-19)32-18-10-12-26(7-2,13-11-18)29-24(31)33-25(3,4)5/h15-18,30H,6-14H2,1-5H3,(H,29,31)/t16-,17+,18?,26?/m1/s1. The molecule has 1 fully saturated rings. The number of thiophene rings is 1. The number of aliphatic hydroxyl groups is 1. The van der Waals surface area contributed by atoms with Gasteiger partial charge < -0.3 is 19.9 Å². The number of rotatable bonds is 7. The molecule has 0 spiro atoms. The number of aliphatic hydroxyl groups excluding tert-OH is 1. The number of nitrogens with zero attached hydrogens (tertiary/aromatic N) is 2. The number of hydrogen-bond donors (Lipinski definition) is 2. The fraction of sp³-hybridized carbons (Fsp3) is 0.731. The molecular weight excluding hydrogens is 450 g/mol. The number of carbonyl (C=O) groups is 1. The number of nitrogens with one attached hydrogen (secondary N) is 1. The topological polar surface area (TPSA) is 93.6 Å². The highest BCUT2D eigenvalue weighted by molar-refractivity contribution is 7.19. The first-order chi connectivity index (χ1) is 16.1. The van der Waals surface area contributed by atoms with Gasteiger partial charge in [-0.25, -0.2) is 14.8 Å². The molecule has 8 heteroatoms. The van der Waals surface area contributed by atoms with E-state index in [1.165, 1.54) is 10.4 Å².